The van der Waals surface area contributed by atoms with E-state index in [9.17, 15) is 4.79 Å². The third kappa shape index (κ3) is 2.94. The van der Waals surface area contributed by atoms with Crippen molar-refractivity contribution in [2.45, 2.75) is 19.4 Å². The van der Waals surface area contributed by atoms with Gasteiger partial charge in [-0.05, 0) is 25.0 Å². The lowest BCUT2D eigenvalue weighted by Crippen LogP contribution is -2.15. The number of nitrogens with two attached hydrogens (primary N) is 1. The average Bonchev–Trinajstić information content (AvgIpc) is 2.27. The van der Waals surface area contributed by atoms with Crippen LogP contribution in [0, 0.1) is 0 Å². The van der Waals surface area contributed by atoms with E-state index in [-0.39, 0.29) is 12.0 Å². The lowest BCUT2D eigenvalue weighted by atomic mass is 9.96. The largest absolute Gasteiger partial charge is 0.465 e. The summed E-state index contributed by atoms with van der Waals surface area (Å²) in [6.07, 6.45) is 0.661. The van der Waals surface area contributed by atoms with Crippen LogP contribution in [-0.4, -0.2) is 13.1 Å². The minimum Gasteiger partial charge on any atom is -0.465 e. The molecular weight excluding hydrogens is 202 g/mol. The maximum absolute atomic E-state index is 11.5. The molecule has 16 heavy (non-hydrogen) atoms. The first-order valence-electron chi connectivity index (χ1n) is 5.13. The van der Waals surface area contributed by atoms with Crippen LogP contribution in [0.25, 0.3) is 0 Å². The number of ether oxygens (including phenoxy) is 1. The van der Waals surface area contributed by atoms with Crippen molar-refractivity contribution in [3.63, 3.8) is 0 Å². The zero-order valence-corrected chi connectivity index (χ0v) is 9.69. The second kappa shape index (κ2) is 5.47. The highest BCUT2D eigenvalue weighted by Crippen LogP contribution is 2.21. The Morgan fingerprint density at radius 3 is 2.69 bits per heavy atom. The molecule has 0 radical (unpaired) electrons. The van der Waals surface area contributed by atoms with E-state index in [0.717, 1.165) is 11.1 Å². The molecule has 0 aromatic heterocycles. The van der Waals surface area contributed by atoms with Crippen LogP contribution in [0.1, 0.15) is 35.3 Å². The zero-order chi connectivity index (χ0) is 12.1. The van der Waals surface area contributed by atoms with E-state index in [0.29, 0.717) is 12.0 Å². The first-order chi connectivity index (χ1) is 7.56. The van der Waals surface area contributed by atoms with Gasteiger partial charge < -0.3 is 10.5 Å². The molecule has 0 amide bonds. The molecule has 0 aliphatic rings. The Labute approximate surface area is 95.9 Å². The quantitative estimate of drug-likeness (QED) is 0.625. The van der Waals surface area contributed by atoms with Crippen molar-refractivity contribution in [3.8, 4) is 0 Å². The van der Waals surface area contributed by atoms with E-state index in [1.807, 2.05) is 19.1 Å². The molecule has 0 saturated carbocycles. The second-order valence-electron chi connectivity index (χ2n) is 3.85. The second-order valence-corrected chi connectivity index (χ2v) is 3.85. The normalized spacial score (nSPS) is 11.9. The van der Waals surface area contributed by atoms with Crippen LogP contribution in [0.5, 0.6) is 0 Å². The van der Waals surface area contributed by atoms with Crippen molar-refractivity contribution >= 4 is 5.97 Å². The molecule has 86 valence electrons. The summed E-state index contributed by atoms with van der Waals surface area (Å²) in [6.45, 7) is 5.74. The molecule has 0 spiro atoms. The Bertz CT molecular complexity index is 399. The molecule has 1 aromatic carbocycles. The third-order valence-electron chi connectivity index (χ3n) is 2.33. The van der Waals surface area contributed by atoms with Gasteiger partial charge in [-0.2, -0.15) is 0 Å². The number of esters is 1. The Morgan fingerprint density at radius 2 is 2.12 bits per heavy atom. The highest BCUT2D eigenvalue weighted by atomic mass is 16.5. The van der Waals surface area contributed by atoms with Gasteiger partial charge in [0.15, 0.2) is 0 Å². The third-order valence-corrected chi connectivity index (χ3v) is 2.33. The molecule has 0 unspecified atom stereocenters. The van der Waals surface area contributed by atoms with Gasteiger partial charge in [0.05, 0.1) is 12.7 Å². The number of rotatable bonds is 4. The predicted octanol–water partition coefficient (Wildman–Crippen LogP) is 2.44. The molecule has 0 aliphatic carbocycles. The summed E-state index contributed by atoms with van der Waals surface area (Å²) >= 11 is 0. The molecule has 0 saturated heterocycles. The molecule has 2 N–H and O–H groups in total. The number of hydrogen-bond acceptors (Lipinski definition) is 3. The Morgan fingerprint density at radius 1 is 1.50 bits per heavy atom. The van der Waals surface area contributed by atoms with Gasteiger partial charge in [-0.3, -0.25) is 0 Å². The predicted molar refractivity (Wildman–Crippen MR) is 64.1 cm³/mol. The van der Waals surface area contributed by atoms with Crippen molar-refractivity contribution in [2.75, 3.05) is 7.11 Å². The number of carbonyl (C=O) groups is 1. The lowest BCUT2D eigenvalue weighted by Gasteiger charge is -2.15. The summed E-state index contributed by atoms with van der Waals surface area (Å²) in [6, 6.07) is 7.01. The molecule has 0 heterocycles. The summed E-state index contributed by atoms with van der Waals surface area (Å²) in [5.74, 6) is -0.354. The van der Waals surface area contributed by atoms with Crippen molar-refractivity contribution in [1.29, 1.82) is 0 Å². The molecule has 0 bridgehead atoms. The van der Waals surface area contributed by atoms with Crippen molar-refractivity contribution < 1.29 is 9.53 Å². The minimum absolute atomic E-state index is 0.215. The van der Waals surface area contributed by atoms with Gasteiger partial charge in [0.2, 0.25) is 0 Å². The van der Waals surface area contributed by atoms with Crippen molar-refractivity contribution in [3.05, 3.63) is 47.5 Å². The average molecular weight is 219 g/mol. The van der Waals surface area contributed by atoms with Crippen LogP contribution >= 0.6 is 0 Å². The van der Waals surface area contributed by atoms with Crippen LogP contribution in [0.3, 0.4) is 0 Å². The van der Waals surface area contributed by atoms with Crippen molar-refractivity contribution in [1.82, 2.24) is 0 Å². The number of methoxy groups -OCH3 is 1. The summed E-state index contributed by atoms with van der Waals surface area (Å²) in [7, 11) is 1.36. The maximum Gasteiger partial charge on any atom is 0.338 e. The highest BCUT2D eigenvalue weighted by Gasteiger charge is 2.16. The fraction of sp³-hybridized carbons (Fsp3) is 0.308. The summed E-state index contributed by atoms with van der Waals surface area (Å²) in [4.78, 5) is 11.5. The highest BCUT2D eigenvalue weighted by molar-refractivity contribution is 5.91. The van der Waals surface area contributed by atoms with Crippen LogP contribution in [0.4, 0.5) is 0 Å². The van der Waals surface area contributed by atoms with E-state index in [2.05, 4.69) is 6.58 Å². The van der Waals surface area contributed by atoms with Crippen molar-refractivity contribution in [2.24, 2.45) is 5.73 Å². The Kier molecular flexibility index (Phi) is 4.26. The number of benzene rings is 1. The van der Waals surface area contributed by atoms with E-state index in [1.165, 1.54) is 7.11 Å². The van der Waals surface area contributed by atoms with Gasteiger partial charge in [-0.1, -0.05) is 23.8 Å². The van der Waals surface area contributed by atoms with Gasteiger partial charge in [0.25, 0.3) is 0 Å². The van der Waals surface area contributed by atoms with E-state index in [1.54, 1.807) is 12.1 Å². The molecular formula is C13H17NO2. The fourth-order valence-electron chi connectivity index (χ4n) is 1.60. The molecule has 0 fully saturated rings. The topological polar surface area (TPSA) is 52.3 Å². The van der Waals surface area contributed by atoms with E-state index in [4.69, 9.17) is 10.5 Å². The molecule has 1 atom stereocenters. The monoisotopic (exact) mass is 219 g/mol. The maximum atomic E-state index is 11.5. The smallest absolute Gasteiger partial charge is 0.338 e. The van der Waals surface area contributed by atoms with Crippen LogP contribution < -0.4 is 5.73 Å². The minimum atomic E-state index is -0.354. The van der Waals surface area contributed by atoms with Gasteiger partial charge >= 0.3 is 5.97 Å². The van der Waals surface area contributed by atoms with Gasteiger partial charge in [-0.25, -0.2) is 4.79 Å². The first kappa shape index (κ1) is 12.5. The number of carbonyl (C=O) groups excluding carboxylic acids is 1. The van der Waals surface area contributed by atoms with Crippen LogP contribution in [-0.2, 0) is 4.74 Å². The van der Waals surface area contributed by atoms with Gasteiger partial charge in [-0.15, -0.1) is 6.58 Å². The van der Waals surface area contributed by atoms with Crippen LogP contribution in [0.15, 0.2) is 36.4 Å². The standard InChI is InChI=1S/C13H17NO2/c1-9(2)8-12(14)10-6-4-5-7-11(10)13(15)16-3/h4-7,12H,1,8,14H2,2-3H3/t12-/m0/s1. The SMILES string of the molecule is C=C(C)C[C@H](N)c1ccccc1C(=O)OC. The first-order valence-corrected chi connectivity index (χ1v) is 5.13. The molecule has 1 rings (SSSR count). The van der Waals surface area contributed by atoms with Gasteiger partial charge in [0.1, 0.15) is 0 Å². The molecule has 0 aliphatic heterocycles. The van der Waals surface area contributed by atoms with Crippen LogP contribution in [0.2, 0.25) is 0 Å². The fourth-order valence-corrected chi connectivity index (χ4v) is 1.60. The zero-order valence-electron chi connectivity index (χ0n) is 9.69. The van der Waals surface area contributed by atoms with E-state index >= 15 is 0 Å². The molecule has 3 heteroatoms. The lowest BCUT2D eigenvalue weighted by molar-refractivity contribution is 0.0599. The Hall–Kier alpha value is -1.61. The Balaban J connectivity index is 3.03. The van der Waals surface area contributed by atoms with Gasteiger partial charge in [0, 0.05) is 6.04 Å². The molecule has 3 nitrogen and oxygen atoms in total. The summed E-state index contributed by atoms with van der Waals surface area (Å²) in [5, 5.41) is 0. The number of hydrogen-bond donors (Lipinski definition) is 1. The summed E-state index contributed by atoms with van der Waals surface area (Å²) in [5.41, 5.74) is 8.34. The summed E-state index contributed by atoms with van der Waals surface area (Å²) < 4.78 is 4.72. The van der Waals surface area contributed by atoms with E-state index < -0.39 is 0 Å². The molecule has 1 aromatic rings.